The van der Waals surface area contributed by atoms with Gasteiger partial charge in [0.05, 0.1) is 17.8 Å². The van der Waals surface area contributed by atoms with Crippen LogP contribution in [0.4, 0.5) is 0 Å². The molecule has 0 unspecified atom stereocenters. The van der Waals surface area contributed by atoms with Crippen molar-refractivity contribution in [2.45, 2.75) is 18.8 Å². The van der Waals surface area contributed by atoms with Gasteiger partial charge in [-0.3, -0.25) is 4.79 Å². The Kier molecular flexibility index (Phi) is 5.70. The van der Waals surface area contributed by atoms with Crippen LogP contribution in [0.5, 0.6) is 5.75 Å². The van der Waals surface area contributed by atoms with Crippen molar-refractivity contribution in [3.63, 3.8) is 0 Å². The summed E-state index contributed by atoms with van der Waals surface area (Å²) < 4.78 is 28.9. The first-order valence-electron chi connectivity index (χ1n) is 7.50. The maximum Gasteiger partial charge on any atom is 0.547 e. The van der Waals surface area contributed by atoms with Crippen molar-refractivity contribution in [3.05, 3.63) is 29.3 Å². The number of aromatic carboxylic acids is 1. The molecule has 1 aliphatic heterocycles. The summed E-state index contributed by atoms with van der Waals surface area (Å²) >= 11 is 0. The third-order valence-corrected chi connectivity index (χ3v) is 5.23. The summed E-state index contributed by atoms with van der Waals surface area (Å²) in [5, 5.41) is 21.8. The Labute approximate surface area is 145 Å². The molecule has 25 heavy (non-hydrogen) atoms. The Bertz CT molecular complexity index is 783. The van der Waals surface area contributed by atoms with E-state index in [2.05, 4.69) is 5.32 Å². The molecule has 0 spiro atoms. The maximum absolute atomic E-state index is 12.0. The fraction of sp³-hybridized carbons (Fsp3) is 0.429. The molecule has 11 heteroatoms. The summed E-state index contributed by atoms with van der Waals surface area (Å²) in [6, 6.07) is 4.58. The number of sulfonamides is 1. The lowest BCUT2D eigenvalue weighted by Crippen LogP contribution is -2.53. The third-order valence-electron chi connectivity index (χ3n) is 3.92. The summed E-state index contributed by atoms with van der Waals surface area (Å²) in [6.07, 6.45) is 1.17. The molecule has 0 fully saturated rings. The Morgan fingerprint density at radius 1 is 1.44 bits per heavy atom. The summed E-state index contributed by atoms with van der Waals surface area (Å²) in [5.41, 5.74) is 0.500. The zero-order valence-corrected chi connectivity index (χ0v) is 14.6. The smallest absolute Gasteiger partial charge is 0.534 e. The van der Waals surface area contributed by atoms with Gasteiger partial charge in [0.1, 0.15) is 5.75 Å². The van der Waals surface area contributed by atoms with Gasteiger partial charge in [-0.15, -0.1) is 0 Å². The number of amides is 1. The van der Waals surface area contributed by atoms with Crippen LogP contribution in [0.3, 0.4) is 0 Å². The number of carboxylic acid groups (broad SMARTS) is 1. The van der Waals surface area contributed by atoms with Crippen molar-refractivity contribution < 1.29 is 32.8 Å². The molecule has 3 N–H and O–H groups in total. The Balaban J connectivity index is 2.02. The Morgan fingerprint density at radius 2 is 2.12 bits per heavy atom. The van der Waals surface area contributed by atoms with Gasteiger partial charge < -0.3 is 20.1 Å². The van der Waals surface area contributed by atoms with Gasteiger partial charge in [-0.1, -0.05) is 12.1 Å². The number of hydrogen-bond donors (Lipinski definition) is 3. The van der Waals surface area contributed by atoms with E-state index in [0.717, 1.165) is 10.6 Å². The highest BCUT2D eigenvalue weighted by molar-refractivity contribution is 7.88. The predicted molar refractivity (Wildman–Crippen MR) is 89.7 cm³/mol. The van der Waals surface area contributed by atoms with Crippen LogP contribution >= 0.6 is 0 Å². The molecule has 136 valence electrons. The second-order valence-corrected chi connectivity index (χ2v) is 7.91. The number of nitrogens with one attached hydrogen (secondary N) is 1. The number of nitrogens with zero attached hydrogens (tertiary/aromatic N) is 1. The molecule has 1 heterocycles. The molecule has 1 amide bonds. The number of carbonyl (C=O) groups is 2. The molecule has 0 aromatic heterocycles. The van der Waals surface area contributed by atoms with E-state index in [1.165, 1.54) is 13.1 Å². The van der Waals surface area contributed by atoms with E-state index in [-0.39, 0.29) is 30.7 Å². The minimum atomic E-state index is -3.37. The quantitative estimate of drug-likeness (QED) is 0.553. The third kappa shape index (κ3) is 4.71. The first-order valence-corrected chi connectivity index (χ1v) is 9.35. The van der Waals surface area contributed by atoms with Gasteiger partial charge in [0.15, 0.2) is 0 Å². The van der Waals surface area contributed by atoms with Gasteiger partial charge >= 0.3 is 13.1 Å². The molecule has 2 rings (SSSR count). The second-order valence-electron chi connectivity index (χ2n) is 5.82. The van der Waals surface area contributed by atoms with Crippen LogP contribution in [-0.2, 0) is 21.2 Å². The van der Waals surface area contributed by atoms with Crippen LogP contribution in [0.25, 0.3) is 0 Å². The van der Waals surface area contributed by atoms with Crippen molar-refractivity contribution in [2.24, 2.45) is 0 Å². The normalized spacial score (nSPS) is 17.0. The SMILES string of the molecule is CN(CCC(=O)N[C@H]1Cc2cccc(C(=O)O)c2OB1O)S(C)(=O)=O. The zero-order chi connectivity index (χ0) is 18.8. The highest BCUT2D eigenvalue weighted by Gasteiger charge is 2.37. The van der Waals surface area contributed by atoms with Crippen LogP contribution in [-0.4, -0.2) is 67.6 Å². The molecule has 1 aromatic rings. The van der Waals surface area contributed by atoms with Gasteiger partial charge in [0.2, 0.25) is 15.9 Å². The standard InChI is InChI=1S/C14H19BN2O7S/c1-17(25(2,22)23)7-6-12(18)16-11-8-9-4-3-5-10(14(19)20)13(9)24-15(11)21/h3-5,11,21H,6-8H2,1-2H3,(H,16,18)(H,19,20)/t11-/m0/s1. The van der Waals surface area contributed by atoms with E-state index in [1.807, 2.05) is 0 Å². The number of carboxylic acids is 1. The van der Waals surface area contributed by atoms with E-state index < -0.39 is 35.0 Å². The number of hydrogen-bond acceptors (Lipinski definition) is 6. The number of carbonyl (C=O) groups excluding carboxylic acids is 1. The van der Waals surface area contributed by atoms with Crippen molar-refractivity contribution in [2.75, 3.05) is 19.8 Å². The average molecular weight is 370 g/mol. The first-order chi connectivity index (χ1) is 11.6. The van der Waals surface area contributed by atoms with Crippen LogP contribution in [0.1, 0.15) is 22.3 Å². The highest BCUT2D eigenvalue weighted by Crippen LogP contribution is 2.30. The molecule has 1 aromatic carbocycles. The van der Waals surface area contributed by atoms with Crippen molar-refractivity contribution >= 4 is 29.0 Å². The molecule has 0 aliphatic carbocycles. The van der Waals surface area contributed by atoms with Crippen LogP contribution in [0.15, 0.2) is 18.2 Å². The van der Waals surface area contributed by atoms with Crippen molar-refractivity contribution in [3.8, 4) is 5.75 Å². The fourth-order valence-electron chi connectivity index (χ4n) is 2.42. The minimum absolute atomic E-state index is 0.00802. The average Bonchev–Trinajstić information content (AvgIpc) is 2.51. The molecule has 1 aliphatic rings. The lowest BCUT2D eigenvalue weighted by atomic mass is 9.72. The molecule has 1 atom stereocenters. The van der Waals surface area contributed by atoms with Gasteiger partial charge in [-0.05, 0) is 18.1 Å². The van der Waals surface area contributed by atoms with Crippen LogP contribution < -0.4 is 9.97 Å². The summed E-state index contributed by atoms with van der Waals surface area (Å²) in [6.45, 7) is 0.00802. The molecule has 0 bridgehead atoms. The minimum Gasteiger partial charge on any atom is -0.534 e. The number of fused-ring (bicyclic) bond motifs is 1. The van der Waals surface area contributed by atoms with Crippen LogP contribution in [0.2, 0.25) is 0 Å². The molecule has 0 radical (unpaired) electrons. The predicted octanol–water partition coefficient (Wildman–Crippen LogP) is -0.894. The van der Waals surface area contributed by atoms with E-state index >= 15 is 0 Å². The largest absolute Gasteiger partial charge is 0.547 e. The number of para-hydroxylation sites is 1. The number of rotatable bonds is 6. The van der Waals surface area contributed by atoms with Crippen LogP contribution in [0, 0.1) is 0 Å². The number of benzene rings is 1. The van der Waals surface area contributed by atoms with E-state index in [1.54, 1.807) is 12.1 Å². The van der Waals surface area contributed by atoms with Gasteiger partial charge in [0.25, 0.3) is 0 Å². The molecule has 9 nitrogen and oxygen atoms in total. The highest BCUT2D eigenvalue weighted by atomic mass is 32.2. The van der Waals surface area contributed by atoms with Gasteiger partial charge in [-0.2, -0.15) is 0 Å². The first kappa shape index (κ1) is 19.2. The molecule has 0 saturated carbocycles. The summed E-state index contributed by atoms with van der Waals surface area (Å²) in [4.78, 5) is 23.2. The van der Waals surface area contributed by atoms with Gasteiger partial charge in [-0.25, -0.2) is 17.5 Å². The Hall–Kier alpha value is -2.11. The van der Waals surface area contributed by atoms with E-state index in [9.17, 15) is 23.0 Å². The van der Waals surface area contributed by atoms with Gasteiger partial charge in [0, 0.05) is 20.0 Å². The van der Waals surface area contributed by atoms with Crippen molar-refractivity contribution in [1.82, 2.24) is 9.62 Å². The lowest BCUT2D eigenvalue weighted by molar-refractivity contribution is -0.121. The molecule has 0 saturated heterocycles. The topological polar surface area (TPSA) is 133 Å². The second kappa shape index (κ2) is 7.42. The molecular formula is C14H19BN2O7S. The van der Waals surface area contributed by atoms with E-state index in [0.29, 0.717) is 5.56 Å². The van der Waals surface area contributed by atoms with Crippen molar-refractivity contribution in [1.29, 1.82) is 0 Å². The lowest BCUT2D eigenvalue weighted by Gasteiger charge is -2.29. The fourth-order valence-corrected chi connectivity index (χ4v) is 2.84. The Morgan fingerprint density at radius 3 is 2.72 bits per heavy atom. The summed E-state index contributed by atoms with van der Waals surface area (Å²) in [7, 11) is -3.40. The summed E-state index contributed by atoms with van der Waals surface area (Å²) in [5.74, 6) is -2.28. The van der Waals surface area contributed by atoms with E-state index in [4.69, 9.17) is 9.76 Å². The zero-order valence-electron chi connectivity index (χ0n) is 13.8. The monoisotopic (exact) mass is 370 g/mol. The maximum atomic E-state index is 12.0. The molecular weight excluding hydrogens is 351 g/mol.